The fourth-order valence-corrected chi connectivity index (χ4v) is 6.47. The van der Waals surface area contributed by atoms with E-state index in [4.69, 9.17) is 32.7 Å². The van der Waals surface area contributed by atoms with Crippen molar-refractivity contribution in [2.45, 2.75) is 11.5 Å². The van der Waals surface area contributed by atoms with E-state index in [9.17, 15) is 13.2 Å². The summed E-state index contributed by atoms with van der Waals surface area (Å²) in [5.74, 6) is 0.220. The Morgan fingerprint density at radius 3 is 2.38 bits per heavy atom. The third kappa shape index (κ3) is 8.05. The van der Waals surface area contributed by atoms with Crippen molar-refractivity contribution < 1.29 is 22.7 Å². The lowest BCUT2D eigenvalue weighted by molar-refractivity contribution is -0.119. The fourth-order valence-electron chi connectivity index (χ4n) is 3.73. The predicted octanol–water partition coefficient (Wildman–Crippen LogP) is 7.45. The van der Waals surface area contributed by atoms with E-state index >= 15 is 0 Å². The highest BCUT2D eigenvalue weighted by molar-refractivity contribution is 9.10. The summed E-state index contributed by atoms with van der Waals surface area (Å²) >= 11 is 19.0. The van der Waals surface area contributed by atoms with Crippen LogP contribution in [0.4, 0.5) is 5.69 Å². The average molecular weight is 756 g/mol. The molecule has 0 atom stereocenters. The van der Waals surface area contributed by atoms with Gasteiger partial charge in [0.2, 0.25) is 0 Å². The topological polar surface area (TPSA) is 97.3 Å². The van der Waals surface area contributed by atoms with Gasteiger partial charge in [0.05, 0.1) is 28.4 Å². The molecule has 0 fully saturated rings. The molecule has 0 aliphatic heterocycles. The summed E-state index contributed by atoms with van der Waals surface area (Å²) in [6.07, 6.45) is 1.40. The van der Waals surface area contributed by atoms with Crippen LogP contribution in [-0.2, 0) is 21.4 Å². The lowest BCUT2D eigenvalue weighted by atomic mass is 10.2. The van der Waals surface area contributed by atoms with Crippen molar-refractivity contribution in [1.29, 1.82) is 0 Å². The van der Waals surface area contributed by atoms with Gasteiger partial charge in [-0.15, -0.1) is 0 Å². The number of hydrazone groups is 1. The van der Waals surface area contributed by atoms with Crippen molar-refractivity contribution in [3.63, 3.8) is 0 Å². The first-order valence-corrected chi connectivity index (χ1v) is 16.0. The van der Waals surface area contributed by atoms with Gasteiger partial charge >= 0.3 is 0 Å². The van der Waals surface area contributed by atoms with Crippen LogP contribution in [0.3, 0.4) is 0 Å². The Kier molecular flexibility index (Phi) is 10.9. The van der Waals surface area contributed by atoms with Crippen molar-refractivity contribution in [3.8, 4) is 11.5 Å². The molecule has 1 N–H and O–H groups in total. The number of anilines is 1. The Morgan fingerprint density at radius 2 is 1.71 bits per heavy atom. The number of nitrogens with one attached hydrogen (secondary N) is 1. The Balaban J connectivity index is 1.48. The van der Waals surface area contributed by atoms with E-state index in [1.807, 2.05) is 0 Å². The van der Waals surface area contributed by atoms with E-state index < -0.39 is 22.5 Å². The van der Waals surface area contributed by atoms with Crippen LogP contribution in [0, 0.1) is 0 Å². The number of hydrogen-bond acceptors (Lipinski definition) is 6. The zero-order valence-corrected chi connectivity index (χ0v) is 27.4. The van der Waals surface area contributed by atoms with Gasteiger partial charge in [0.15, 0.2) is 11.5 Å². The second kappa shape index (κ2) is 14.4. The average Bonchev–Trinajstić information content (AvgIpc) is 2.97. The van der Waals surface area contributed by atoms with Crippen molar-refractivity contribution in [1.82, 2.24) is 5.43 Å². The van der Waals surface area contributed by atoms with Crippen molar-refractivity contribution in [2.24, 2.45) is 5.10 Å². The first-order valence-electron chi connectivity index (χ1n) is 12.2. The zero-order valence-electron chi connectivity index (χ0n) is 21.9. The second-order valence-electron chi connectivity index (χ2n) is 8.65. The predicted molar refractivity (Wildman–Crippen MR) is 172 cm³/mol. The number of nitrogens with zero attached hydrogens (tertiary/aromatic N) is 2. The summed E-state index contributed by atoms with van der Waals surface area (Å²) in [5, 5.41) is 5.02. The summed E-state index contributed by atoms with van der Waals surface area (Å²) in [6.45, 7) is -0.321. The Hall–Kier alpha value is -3.09. The SMILES string of the molecule is COc1cc(/C=N\NC(=O)CN(c2ccc(Br)cc2)S(=O)(=O)c2ccccc2)cc(Br)c1OCc1ccc(Cl)cc1Cl. The minimum Gasteiger partial charge on any atom is -0.493 e. The van der Waals surface area contributed by atoms with E-state index in [2.05, 4.69) is 42.4 Å². The van der Waals surface area contributed by atoms with Crippen molar-refractivity contribution >= 4 is 82.9 Å². The van der Waals surface area contributed by atoms with Gasteiger partial charge in [0.1, 0.15) is 13.2 Å². The first kappa shape index (κ1) is 31.8. The minimum absolute atomic E-state index is 0.0572. The lowest BCUT2D eigenvalue weighted by Crippen LogP contribution is -2.39. The van der Waals surface area contributed by atoms with E-state index in [0.29, 0.717) is 37.3 Å². The fraction of sp³-hybridized carbons (Fsp3) is 0.103. The maximum atomic E-state index is 13.4. The molecule has 0 spiro atoms. The molecular formula is C29H23Br2Cl2N3O5S. The second-order valence-corrected chi connectivity index (χ2v) is 13.1. The zero-order chi connectivity index (χ0) is 30.3. The van der Waals surface area contributed by atoms with E-state index in [1.54, 1.807) is 72.8 Å². The maximum absolute atomic E-state index is 13.4. The highest BCUT2D eigenvalue weighted by Crippen LogP contribution is 2.37. The molecule has 0 aliphatic rings. The van der Waals surface area contributed by atoms with Crippen LogP contribution < -0.4 is 19.2 Å². The molecular weight excluding hydrogens is 733 g/mol. The molecule has 0 unspecified atom stereocenters. The molecule has 0 radical (unpaired) electrons. The highest BCUT2D eigenvalue weighted by atomic mass is 79.9. The molecule has 218 valence electrons. The summed E-state index contributed by atoms with van der Waals surface area (Å²) in [5.41, 5.74) is 4.05. The summed E-state index contributed by atoms with van der Waals surface area (Å²) in [4.78, 5) is 12.9. The smallest absolute Gasteiger partial charge is 0.264 e. The molecule has 4 rings (SSSR count). The van der Waals surface area contributed by atoms with Gasteiger partial charge < -0.3 is 9.47 Å². The molecule has 0 aromatic heterocycles. The van der Waals surface area contributed by atoms with Crippen LogP contribution in [0.5, 0.6) is 11.5 Å². The van der Waals surface area contributed by atoms with Crippen LogP contribution in [0.2, 0.25) is 10.0 Å². The largest absolute Gasteiger partial charge is 0.493 e. The number of amides is 1. The molecule has 0 heterocycles. The summed E-state index contributed by atoms with van der Waals surface area (Å²) < 4.78 is 40.6. The quantitative estimate of drug-likeness (QED) is 0.127. The molecule has 0 saturated heterocycles. The first-order chi connectivity index (χ1) is 20.1. The number of ether oxygens (including phenoxy) is 2. The number of methoxy groups -OCH3 is 1. The van der Waals surface area contributed by atoms with Gasteiger partial charge in [0.25, 0.3) is 15.9 Å². The molecule has 42 heavy (non-hydrogen) atoms. The van der Waals surface area contributed by atoms with E-state index in [1.165, 1.54) is 25.5 Å². The highest BCUT2D eigenvalue weighted by Gasteiger charge is 2.27. The van der Waals surface area contributed by atoms with Gasteiger partial charge in [0, 0.05) is 20.1 Å². The lowest BCUT2D eigenvalue weighted by Gasteiger charge is -2.23. The number of rotatable bonds is 11. The normalized spacial score (nSPS) is 11.4. The number of sulfonamides is 1. The molecule has 4 aromatic rings. The van der Waals surface area contributed by atoms with Gasteiger partial charge in [-0.1, -0.05) is 63.4 Å². The maximum Gasteiger partial charge on any atom is 0.264 e. The monoisotopic (exact) mass is 753 g/mol. The number of halogens is 4. The van der Waals surface area contributed by atoms with Crippen LogP contribution >= 0.6 is 55.1 Å². The summed E-state index contributed by atoms with van der Waals surface area (Å²) in [6, 6.07) is 23.0. The molecule has 1 amide bonds. The number of hydrogen-bond donors (Lipinski definition) is 1. The van der Waals surface area contributed by atoms with E-state index in [-0.39, 0.29) is 11.5 Å². The summed E-state index contributed by atoms with van der Waals surface area (Å²) in [7, 11) is -2.54. The molecule has 0 aliphatic carbocycles. The van der Waals surface area contributed by atoms with E-state index in [0.717, 1.165) is 14.3 Å². The van der Waals surface area contributed by atoms with Gasteiger partial charge in [-0.2, -0.15) is 5.10 Å². The number of benzene rings is 4. The molecule has 0 saturated carbocycles. The van der Waals surface area contributed by atoms with Gasteiger partial charge in [-0.05, 0) is 82.2 Å². The van der Waals surface area contributed by atoms with Crippen LogP contribution in [-0.4, -0.2) is 34.2 Å². The standard InChI is InChI=1S/C29H23Br2Cl2N3O5S/c1-40-27-14-19(13-25(31)29(27)41-18-20-7-10-22(32)15-26(20)33)16-34-35-28(37)17-36(23-11-8-21(30)9-12-23)42(38,39)24-5-3-2-4-6-24/h2-16H,17-18H2,1H3,(H,35,37)/b34-16-. The minimum atomic E-state index is -4.04. The Bertz CT molecular complexity index is 1710. The van der Waals surface area contributed by atoms with Crippen molar-refractivity contribution in [3.05, 3.63) is 115 Å². The Labute approximate surface area is 270 Å². The van der Waals surface area contributed by atoms with Crippen molar-refractivity contribution in [2.75, 3.05) is 18.0 Å². The van der Waals surface area contributed by atoms with Crippen LogP contribution in [0.15, 0.2) is 104 Å². The van der Waals surface area contributed by atoms with Gasteiger partial charge in [-0.25, -0.2) is 13.8 Å². The molecule has 8 nitrogen and oxygen atoms in total. The molecule has 0 bridgehead atoms. The molecule has 13 heteroatoms. The Morgan fingerprint density at radius 1 is 1.00 bits per heavy atom. The number of carbonyl (C=O) groups is 1. The van der Waals surface area contributed by atoms with Crippen LogP contribution in [0.1, 0.15) is 11.1 Å². The third-order valence-corrected chi connectivity index (χ3v) is 9.27. The molecule has 4 aromatic carbocycles. The van der Waals surface area contributed by atoms with Crippen LogP contribution in [0.25, 0.3) is 0 Å². The number of carbonyl (C=O) groups excluding carboxylic acids is 1. The van der Waals surface area contributed by atoms with Gasteiger partial charge in [-0.3, -0.25) is 9.10 Å². The third-order valence-electron chi connectivity index (χ3n) is 5.77.